The summed E-state index contributed by atoms with van der Waals surface area (Å²) in [5, 5.41) is 0. The van der Waals surface area contributed by atoms with E-state index in [1.807, 2.05) is 0 Å². The van der Waals surface area contributed by atoms with E-state index in [1.165, 1.54) is 0 Å². The van der Waals surface area contributed by atoms with Gasteiger partial charge in [0.2, 0.25) is 0 Å². The van der Waals surface area contributed by atoms with Crippen LogP contribution in [-0.4, -0.2) is 0 Å². The summed E-state index contributed by atoms with van der Waals surface area (Å²) in [7, 11) is 0. The van der Waals surface area contributed by atoms with E-state index in [-0.39, 0.29) is 0 Å². The van der Waals surface area contributed by atoms with Crippen molar-refractivity contribution in [2.75, 3.05) is 0 Å². The number of hydrogen-bond acceptors (Lipinski definition) is 0. The van der Waals surface area contributed by atoms with Gasteiger partial charge < -0.3 is 0 Å². The molecule has 0 N–H and O–H groups in total. The van der Waals surface area contributed by atoms with Crippen LogP contribution in [-0.2, 0) is 0 Å². The minimum atomic E-state index is 0.737. The van der Waals surface area contributed by atoms with Gasteiger partial charge in [0, 0.05) is 0 Å². The first-order valence-electron chi connectivity index (χ1n) is 32.3. The Morgan fingerprint density at radius 3 is 0.862 bits per heavy atom. The molecule has 1 spiro atoms. The largest absolute Gasteiger partial charge is 0.0533 e. The van der Waals surface area contributed by atoms with Gasteiger partial charge in [-0.15, -0.1) is 0 Å². The third-order valence-corrected chi connectivity index (χ3v) is 27.1. The van der Waals surface area contributed by atoms with Crippen molar-refractivity contribution in [1.29, 1.82) is 0 Å². The molecule has 13 aliphatic carbocycles. The second kappa shape index (κ2) is 19.5. The molecule has 0 heterocycles. The first kappa shape index (κ1) is 44.9. The molecule has 18 atom stereocenters. The molecule has 0 aromatic rings. The molecule has 0 aromatic heterocycles. The van der Waals surface area contributed by atoms with Crippen LogP contribution in [0.25, 0.3) is 0 Å². The van der Waals surface area contributed by atoms with E-state index in [9.17, 15) is 0 Å². The predicted octanol–water partition coefficient (Wildman–Crippen LogP) is 19.1. The monoisotopic (exact) mass is 887 g/mol. The Balaban J connectivity index is 1.02. The van der Waals surface area contributed by atoms with Crippen LogP contribution in [0, 0.1) is 136 Å². The third kappa shape index (κ3) is 7.94. The SMILES string of the molecule is C1CCC(C2C(C3CCCCC3)C3C(C4CCCCC4)C(C4CCC5CC6CCCCC6CC5C4)C(C4CCCCC4)C4C3C(C2C2CCCCC2)C2CCCCC23CCCCC43)CC1. The molecule has 0 bridgehead atoms. The van der Waals surface area contributed by atoms with Gasteiger partial charge in [-0.05, 0) is 193 Å². The van der Waals surface area contributed by atoms with E-state index in [4.69, 9.17) is 0 Å². The van der Waals surface area contributed by atoms with Crippen molar-refractivity contribution < 1.29 is 0 Å². The second-order valence-corrected chi connectivity index (χ2v) is 29.1. The van der Waals surface area contributed by atoms with Crippen molar-refractivity contribution in [3.8, 4) is 0 Å². The van der Waals surface area contributed by atoms with Crippen LogP contribution in [0.1, 0.15) is 270 Å². The zero-order chi connectivity index (χ0) is 42.9. The van der Waals surface area contributed by atoms with Gasteiger partial charge in [0.1, 0.15) is 0 Å². The summed E-state index contributed by atoms with van der Waals surface area (Å²) >= 11 is 0. The molecule has 18 unspecified atom stereocenters. The highest BCUT2D eigenvalue weighted by Crippen LogP contribution is 2.78. The molecule has 0 nitrogen and oxygen atoms in total. The quantitative estimate of drug-likeness (QED) is 0.249. The first-order chi connectivity index (χ1) is 32.3. The highest BCUT2D eigenvalue weighted by molar-refractivity contribution is 5.21. The number of rotatable bonds is 6. The van der Waals surface area contributed by atoms with Crippen molar-refractivity contribution in [3.63, 3.8) is 0 Å². The van der Waals surface area contributed by atoms with Gasteiger partial charge >= 0.3 is 0 Å². The molecule has 65 heavy (non-hydrogen) atoms. The fourth-order valence-electron chi connectivity index (χ4n) is 25.5. The maximum atomic E-state index is 1.72. The van der Waals surface area contributed by atoms with Crippen LogP contribution >= 0.6 is 0 Å². The molecule has 0 aromatic carbocycles. The van der Waals surface area contributed by atoms with E-state index in [0.717, 1.165) is 136 Å². The van der Waals surface area contributed by atoms with Crippen LogP contribution < -0.4 is 0 Å². The maximum absolute atomic E-state index is 1.72. The van der Waals surface area contributed by atoms with Crippen molar-refractivity contribution in [2.45, 2.75) is 270 Å². The number of fused-ring (bicyclic) bond motifs is 4. The first-order valence-corrected chi connectivity index (χ1v) is 32.3. The lowest BCUT2D eigenvalue weighted by Gasteiger charge is -2.76. The summed E-state index contributed by atoms with van der Waals surface area (Å²) in [5.41, 5.74) is 0.737. The Morgan fingerprint density at radius 1 is 0.169 bits per heavy atom. The molecule has 0 saturated heterocycles. The van der Waals surface area contributed by atoms with Gasteiger partial charge in [0.25, 0.3) is 0 Å². The Kier molecular flexibility index (Phi) is 13.5. The minimum Gasteiger partial charge on any atom is -0.0533 e. The van der Waals surface area contributed by atoms with E-state index in [2.05, 4.69) is 0 Å². The summed E-state index contributed by atoms with van der Waals surface area (Å²) in [6, 6.07) is 0. The Bertz CT molecular complexity index is 1520. The summed E-state index contributed by atoms with van der Waals surface area (Å²) in [6.07, 6.45) is 68.4. The van der Waals surface area contributed by atoms with Gasteiger partial charge in [-0.25, -0.2) is 0 Å². The zero-order valence-corrected chi connectivity index (χ0v) is 42.9. The van der Waals surface area contributed by atoms with Crippen molar-refractivity contribution >= 4 is 0 Å². The molecule has 13 fully saturated rings. The lowest BCUT2D eigenvalue weighted by atomic mass is 9.28. The lowest BCUT2D eigenvalue weighted by Crippen LogP contribution is -2.71. The Morgan fingerprint density at radius 2 is 0.431 bits per heavy atom. The Labute approximate surface area is 403 Å². The minimum absolute atomic E-state index is 0.737. The van der Waals surface area contributed by atoms with Gasteiger partial charge in [-0.1, -0.05) is 212 Å². The molecule has 13 saturated carbocycles. The number of hydrogen-bond donors (Lipinski definition) is 0. The lowest BCUT2D eigenvalue weighted by molar-refractivity contribution is -0.288. The van der Waals surface area contributed by atoms with Crippen LogP contribution in [0.4, 0.5) is 0 Å². The second-order valence-electron chi connectivity index (χ2n) is 29.1. The summed E-state index contributed by atoms with van der Waals surface area (Å²) < 4.78 is 0. The molecule has 0 aliphatic heterocycles. The standard InChI is InChI=1S/C65H106/c1-6-22-43(23-7-1)55-56(44-24-8-2-9-25-44)61-53-34-18-20-38-65(53)39-21-19-35-54(65)62-57(45-26-10-3-11-27-45)60(51-37-36-50-40-48-32-16-17-33-49(48)41-52(50)42-51)59(47-30-14-5-15-31-47)63(64(61)62)58(55)46-28-12-4-13-29-46/h43-64H,1-42H2. The normalized spacial score (nSPS) is 50.9. The van der Waals surface area contributed by atoms with Crippen LogP contribution in [0.3, 0.4) is 0 Å². The summed E-state index contributed by atoms with van der Waals surface area (Å²) in [6.45, 7) is 0. The smallest absolute Gasteiger partial charge is 0.0235 e. The van der Waals surface area contributed by atoms with E-state index >= 15 is 0 Å². The molecule has 13 rings (SSSR count). The van der Waals surface area contributed by atoms with Gasteiger partial charge in [-0.3, -0.25) is 0 Å². The van der Waals surface area contributed by atoms with E-state index in [1.54, 1.807) is 270 Å². The maximum Gasteiger partial charge on any atom is -0.0235 e. The molecular weight excluding hydrogens is 781 g/mol. The average Bonchev–Trinajstić information content (AvgIpc) is 3.38. The van der Waals surface area contributed by atoms with E-state index < -0.39 is 0 Å². The zero-order valence-electron chi connectivity index (χ0n) is 42.9. The van der Waals surface area contributed by atoms with Gasteiger partial charge in [-0.2, -0.15) is 0 Å². The molecule has 366 valence electrons. The summed E-state index contributed by atoms with van der Waals surface area (Å²) in [5.74, 6) is 24.5. The molecule has 0 radical (unpaired) electrons. The average molecular weight is 888 g/mol. The molecule has 0 heteroatoms. The van der Waals surface area contributed by atoms with Gasteiger partial charge in [0.05, 0.1) is 0 Å². The van der Waals surface area contributed by atoms with Crippen LogP contribution in [0.5, 0.6) is 0 Å². The molecular formula is C65H106. The highest BCUT2D eigenvalue weighted by Gasteiger charge is 2.73. The highest BCUT2D eigenvalue weighted by atomic mass is 14.8. The fourth-order valence-corrected chi connectivity index (χ4v) is 25.5. The topological polar surface area (TPSA) is 0 Å². The molecule has 13 aliphatic rings. The van der Waals surface area contributed by atoms with E-state index in [0.29, 0.717) is 0 Å². The van der Waals surface area contributed by atoms with Crippen molar-refractivity contribution in [3.05, 3.63) is 0 Å². The van der Waals surface area contributed by atoms with Crippen LogP contribution in [0.2, 0.25) is 0 Å². The summed E-state index contributed by atoms with van der Waals surface area (Å²) in [4.78, 5) is 0. The third-order valence-electron chi connectivity index (χ3n) is 27.1. The predicted molar refractivity (Wildman–Crippen MR) is 273 cm³/mol. The van der Waals surface area contributed by atoms with Crippen molar-refractivity contribution in [1.82, 2.24) is 0 Å². The Hall–Kier alpha value is 0. The van der Waals surface area contributed by atoms with Gasteiger partial charge in [0.15, 0.2) is 0 Å². The van der Waals surface area contributed by atoms with Crippen LogP contribution in [0.15, 0.2) is 0 Å². The van der Waals surface area contributed by atoms with Crippen molar-refractivity contribution in [2.24, 2.45) is 136 Å². The fraction of sp³-hybridized carbons (Fsp3) is 1.00. The molecule has 0 amide bonds.